The summed E-state index contributed by atoms with van der Waals surface area (Å²) in [5, 5.41) is 12.5. The fourth-order valence-corrected chi connectivity index (χ4v) is 2.08. The third-order valence-corrected chi connectivity index (χ3v) is 3.01. The van der Waals surface area contributed by atoms with Gasteiger partial charge in [0.2, 0.25) is 0 Å². The van der Waals surface area contributed by atoms with E-state index in [-0.39, 0.29) is 18.5 Å². The van der Waals surface area contributed by atoms with E-state index in [1.807, 2.05) is 0 Å². The van der Waals surface area contributed by atoms with Crippen LogP contribution in [0.5, 0.6) is 0 Å². The number of benzene rings is 1. The van der Waals surface area contributed by atoms with Crippen LogP contribution in [-0.2, 0) is 11.3 Å². The molecule has 1 N–H and O–H groups in total. The molecule has 0 spiro atoms. The first-order valence-electron chi connectivity index (χ1n) is 6.04. The van der Waals surface area contributed by atoms with Crippen LogP contribution in [0.2, 0.25) is 0 Å². The zero-order valence-electron chi connectivity index (χ0n) is 10.6. The lowest BCUT2D eigenvalue weighted by Crippen LogP contribution is -2.06. The minimum Gasteiger partial charge on any atom is -0.481 e. The van der Waals surface area contributed by atoms with Gasteiger partial charge in [-0.15, -0.1) is 0 Å². The highest BCUT2D eigenvalue weighted by molar-refractivity contribution is 5.80. The Labute approximate surface area is 116 Å². The molecule has 21 heavy (non-hydrogen) atoms. The molecule has 0 bridgehead atoms. The number of carboxylic acid groups (broad SMARTS) is 1. The van der Waals surface area contributed by atoms with E-state index >= 15 is 0 Å². The van der Waals surface area contributed by atoms with E-state index in [9.17, 15) is 13.6 Å². The second kappa shape index (κ2) is 4.97. The number of aromatic nitrogens is 3. The van der Waals surface area contributed by atoms with Gasteiger partial charge in [-0.2, -0.15) is 0 Å². The molecule has 6 nitrogen and oxygen atoms in total. The van der Waals surface area contributed by atoms with Crippen molar-refractivity contribution < 1.29 is 23.2 Å². The van der Waals surface area contributed by atoms with Crippen molar-refractivity contribution in [2.45, 2.75) is 13.0 Å². The molecule has 0 saturated heterocycles. The van der Waals surface area contributed by atoms with Crippen LogP contribution >= 0.6 is 0 Å². The average molecular weight is 293 g/mol. The molecular formula is C13H9F2N3O3. The fraction of sp³-hybridized carbons (Fsp3) is 0.154. The maximum atomic E-state index is 13.4. The summed E-state index contributed by atoms with van der Waals surface area (Å²) in [6.45, 7) is 0.0547. The van der Waals surface area contributed by atoms with E-state index in [0.29, 0.717) is 17.0 Å². The van der Waals surface area contributed by atoms with Crippen LogP contribution in [0.15, 0.2) is 29.0 Å². The standard InChI is InChI=1S/C13H9F2N3O3/c14-7-5-10-11(6-8(7)15)18(3-1-12(19)20)13(16-10)9-2-4-21-17-9/h2,4-6H,1,3H2,(H,19,20). The minimum absolute atomic E-state index is 0.0547. The number of nitrogens with zero attached hydrogens (tertiary/aromatic N) is 3. The highest BCUT2D eigenvalue weighted by Crippen LogP contribution is 2.26. The van der Waals surface area contributed by atoms with Crippen LogP contribution in [-0.4, -0.2) is 25.8 Å². The van der Waals surface area contributed by atoms with Crippen LogP contribution in [0.3, 0.4) is 0 Å². The molecule has 2 aromatic heterocycles. The Hall–Kier alpha value is -2.77. The smallest absolute Gasteiger partial charge is 0.305 e. The number of hydrogen-bond donors (Lipinski definition) is 1. The molecule has 0 aliphatic rings. The summed E-state index contributed by atoms with van der Waals surface area (Å²) in [5.41, 5.74) is 0.878. The normalized spacial score (nSPS) is 11.1. The van der Waals surface area contributed by atoms with Gasteiger partial charge in [0.25, 0.3) is 0 Å². The fourth-order valence-electron chi connectivity index (χ4n) is 2.08. The van der Waals surface area contributed by atoms with Crippen molar-refractivity contribution >= 4 is 17.0 Å². The Bertz CT molecular complexity index is 812. The van der Waals surface area contributed by atoms with Gasteiger partial charge in [-0.1, -0.05) is 5.16 Å². The summed E-state index contributed by atoms with van der Waals surface area (Å²) in [6.07, 6.45) is 1.15. The molecule has 0 saturated carbocycles. The Balaban J connectivity index is 2.20. The van der Waals surface area contributed by atoms with Crippen molar-refractivity contribution in [2.75, 3.05) is 0 Å². The molecule has 0 radical (unpaired) electrons. The van der Waals surface area contributed by atoms with E-state index in [4.69, 9.17) is 9.63 Å². The SMILES string of the molecule is O=C(O)CCn1c(-c2ccon2)nc2cc(F)c(F)cc21. The quantitative estimate of drug-likeness (QED) is 0.799. The first kappa shape index (κ1) is 13.2. The molecule has 3 aromatic rings. The van der Waals surface area contributed by atoms with Gasteiger partial charge in [-0.25, -0.2) is 13.8 Å². The zero-order chi connectivity index (χ0) is 15.0. The lowest BCUT2D eigenvalue weighted by Gasteiger charge is -2.05. The van der Waals surface area contributed by atoms with Crippen molar-refractivity contribution in [1.82, 2.24) is 14.7 Å². The third kappa shape index (κ3) is 2.35. The third-order valence-electron chi connectivity index (χ3n) is 3.01. The van der Waals surface area contributed by atoms with Gasteiger partial charge in [-0.05, 0) is 0 Å². The minimum atomic E-state index is -1.02. The van der Waals surface area contributed by atoms with Crippen LogP contribution in [0.4, 0.5) is 8.78 Å². The first-order valence-corrected chi connectivity index (χ1v) is 6.04. The van der Waals surface area contributed by atoms with E-state index in [1.54, 1.807) is 0 Å². The van der Waals surface area contributed by atoms with Gasteiger partial charge in [0.05, 0.1) is 17.5 Å². The number of halogens is 2. The van der Waals surface area contributed by atoms with Gasteiger partial charge in [0, 0.05) is 24.7 Å². The lowest BCUT2D eigenvalue weighted by atomic mass is 10.3. The molecule has 3 rings (SSSR count). The van der Waals surface area contributed by atoms with E-state index in [2.05, 4.69) is 10.1 Å². The highest BCUT2D eigenvalue weighted by Gasteiger charge is 2.17. The van der Waals surface area contributed by atoms with Crippen LogP contribution in [0.25, 0.3) is 22.6 Å². The van der Waals surface area contributed by atoms with Crippen molar-refractivity contribution in [3.63, 3.8) is 0 Å². The maximum Gasteiger partial charge on any atom is 0.305 e. The number of aliphatic carboxylic acids is 1. The summed E-state index contributed by atoms with van der Waals surface area (Å²) >= 11 is 0. The molecule has 0 atom stereocenters. The molecule has 1 aromatic carbocycles. The number of hydrogen-bond acceptors (Lipinski definition) is 4. The lowest BCUT2D eigenvalue weighted by molar-refractivity contribution is -0.137. The molecule has 0 unspecified atom stereocenters. The summed E-state index contributed by atoms with van der Waals surface area (Å²) < 4.78 is 32.9. The zero-order valence-corrected chi connectivity index (χ0v) is 10.6. The monoisotopic (exact) mass is 293 g/mol. The predicted molar refractivity (Wildman–Crippen MR) is 67.4 cm³/mol. The van der Waals surface area contributed by atoms with Crippen LogP contribution in [0, 0.1) is 11.6 Å². The summed E-state index contributed by atoms with van der Waals surface area (Å²) in [6, 6.07) is 3.49. The topological polar surface area (TPSA) is 81.1 Å². The Morgan fingerprint density at radius 2 is 2.10 bits per heavy atom. The number of imidazole rings is 1. The Morgan fingerprint density at radius 1 is 1.33 bits per heavy atom. The van der Waals surface area contributed by atoms with Gasteiger partial charge < -0.3 is 14.2 Å². The van der Waals surface area contributed by atoms with Crippen molar-refractivity contribution in [3.05, 3.63) is 36.1 Å². The number of rotatable bonds is 4. The maximum absolute atomic E-state index is 13.4. The Morgan fingerprint density at radius 3 is 2.76 bits per heavy atom. The molecule has 8 heteroatoms. The van der Waals surface area contributed by atoms with Gasteiger partial charge >= 0.3 is 5.97 Å². The molecular weight excluding hydrogens is 284 g/mol. The Kier molecular flexibility index (Phi) is 3.13. The largest absolute Gasteiger partial charge is 0.481 e. The van der Waals surface area contributed by atoms with Crippen molar-refractivity contribution in [1.29, 1.82) is 0 Å². The average Bonchev–Trinajstić information content (AvgIpc) is 3.04. The number of aryl methyl sites for hydroxylation is 1. The predicted octanol–water partition coefficient (Wildman–Crippen LogP) is 2.44. The van der Waals surface area contributed by atoms with Crippen LogP contribution < -0.4 is 0 Å². The van der Waals surface area contributed by atoms with E-state index in [0.717, 1.165) is 12.1 Å². The number of carbonyl (C=O) groups is 1. The molecule has 108 valence electrons. The molecule has 0 aliphatic carbocycles. The van der Waals surface area contributed by atoms with Crippen molar-refractivity contribution in [3.8, 4) is 11.5 Å². The molecule has 0 fully saturated rings. The van der Waals surface area contributed by atoms with Gasteiger partial charge in [0.15, 0.2) is 17.5 Å². The second-order valence-electron chi connectivity index (χ2n) is 4.37. The summed E-state index contributed by atoms with van der Waals surface area (Å²) in [7, 11) is 0. The molecule has 2 heterocycles. The van der Waals surface area contributed by atoms with Gasteiger partial charge in [0.1, 0.15) is 12.0 Å². The number of carboxylic acids is 1. The van der Waals surface area contributed by atoms with E-state index in [1.165, 1.54) is 16.9 Å². The molecule has 0 amide bonds. The summed E-state index contributed by atoms with van der Waals surface area (Å²) in [4.78, 5) is 14.9. The van der Waals surface area contributed by atoms with Gasteiger partial charge in [-0.3, -0.25) is 4.79 Å². The second-order valence-corrected chi connectivity index (χ2v) is 4.37. The molecule has 0 aliphatic heterocycles. The van der Waals surface area contributed by atoms with E-state index < -0.39 is 17.6 Å². The first-order chi connectivity index (χ1) is 10.1. The number of fused-ring (bicyclic) bond motifs is 1. The highest BCUT2D eigenvalue weighted by atomic mass is 19.2. The van der Waals surface area contributed by atoms with Crippen LogP contribution in [0.1, 0.15) is 6.42 Å². The summed E-state index contributed by atoms with van der Waals surface area (Å²) in [5.74, 6) is -2.75. The van der Waals surface area contributed by atoms with Crippen molar-refractivity contribution in [2.24, 2.45) is 0 Å².